The number of piperidine rings is 1. The van der Waals surface area contributed by atoms with Crippen LogP contribution in [0.1, 0.15) is 34.3 Å². The van der Waals surface area contributed by atoms with Crippen molar-refractivity contribution in [2.45, 2.75) is 32.4 Å². The third kappa shape index (κ3) is 4.80. The van der Waals surface area contributed by atoms with Gasteiger partial charge < -0.3 is 14.8 Å². The lowest BCUT2D eigenvalue weighted by Crippen LogP contribution is -2.44. The molecule has 1 aliphatic rings. The Morgan fingerprint density at radius 2 is 1.67 bits per heavy atom. The van der Waals surface area contributed by atoms with Crippen molar-refractivity contribution in [1.29, 1.82) is 0 Å². The molecule has 27 heavy (non-hydrogen) atoms. The molecule has 1 aliphatic heterocycles. The lowest BCUT2D eigenvalue weighted by Gasteiger charge is -2.32. The summed E-state index contributed by atoms with van der Waals surface area (Å²) >= 11 is 0. The van der Waals surface area contributed by atoms with Crippen molar-refractivity contribution in [1.82, 2.24) is 10.2 Å². The zero-order chi connectivity index (χ0) is 19.2. The summed E-state index contributed by atoms with van der Waals surface area (Å²) < 4.78 is 10.7. The molecule has 0 atom stereocenters. The second-order valence-corrected chi connectivity index (χ2v) is 7.02. The van der Waals surface area contributed by atoms with Crippen LogP contribution in [0.5, 0.6) is 11.5 Å². The number of carbonyl (C=O) groups is 1. The smallest absolute Gasteiger partial charge is 0.251 e. The number of nitrogens with one attached hydrogen (secondary N) is 1. The maximum atomic E-state index is 12.7. The molecule has 0 aromatic heterocycles. The van der Waals surface area contributed by atoms with E-state index < -0.39 is 0 Å². The summed E-state index contributed by atoms with van der Waals surface area (Å²) in [5.41, 5.74) is 2.80. The highest BCUT2D eigenvalue weighted by Gasteiger charge is 2.22. The number of benzene rings is 2. The third-order valence-electron chi connectivity index (χ3n) is 5.19. The van der Waals surface area contributed by atoms with E-state index in [9.17, 15) is 4.79 Å². The lowest BCUT2D eigenvalue weighted by atomic mass is 10.0. The Morgan fingerprint density at radius 3 is 2.22 bits per heavy atom. The molecule has 0 aliphatic carbocycles. The molecule has 0 bridgehead atoms. The Labute approximate surface area is 161 Å². The van der Waals surface area contributed by atoms with E-state index in [4.69, 9.17) is 9.47 Å². The molecule has 0 spiro atoms. The molecule has 1 N–H and O–H groups in total. The van der Waals surface area contributed by atoms with Gasteiger partial charge >= 0.3 is 0 Å². The van der Waals surface area contributed by atoms with Gasteiger partial charge in [0.1, 0.15) is 11.5 Å². The molecule has 0 radical (unpaired) electrons. The van der Waals surface area contributed by atoms with Crippen LogP contribution in [0, 0.1) is 6.92 Å². The van der Waals surface area contributed by atoms with Crippen LogP contribution < -0.4 is 14.8 Å². The Balaban J connectivity index is 1.56. The molecule has 2 aromatic carbocycles. The first-order valence-corrected chi connectivity index (χ1v) is 9.40. The van der Waals surface area contributed by atoms with E-state index >= 15 is 0 Å². The molecule has 1 fully saturated rings. The fourth-order valence-electron chi connectivity index (χ4n) is 3.56. The topological polar surface area (TPSA) is 50.8 Å². The van der Waals surface area contributed by atoms with Crippen LogP contribution in [0.15, 0.2) is 42.5 Å². The highest BCUT2D eigenvalue weighted by Crippen LogP contribution is 2.29. The quantitative estimate of drug-likeness (QED) is 0.849. The van der Waals surface area contributed by atoms with Gasteiger partial charge in [-0.25, -0.2) is 0 Å². The van der Waals surface area contributed by atoms with Gasteiger partial charge in [-0.1, -0.05) is 30.3 Å². The first kappa shape index (κ1) is 19.2. The Hall–Kier alpha value is -2.53. The van der Waals surface area contributed by atoms with Gasteiger partial charge in [0.05, 0.1) is 14.2 Å². The number of amides is 1. The average molecular weight is 368 g/mol. The summed E-state index contributed by atoms with van der Waals surface area (Å²) in [5, 5.41) is 3.16. The third-order valence-corrected chi connectivity index (χ3v) is 5.19. The highest BCUT2D eigenvalue weighted by molar-refractivity contribution is 5.95. The summed E-state index contributed by atoms with van der Waals surface area (Å²) in [6.07, 6.45) is 1.91. The predicted molar refractivity (Wildman–Crippen MR) is 106 cm³/mol. The second-order valence-electron chi connectivity index (χ2n) is 7.02. The van der Waals surface area contributed by atoms with Crippen LogP contribution in [0.3, 0.4) is 0 Å². The van der Waals surface area contributed by atoms with Crippen molar-refractivity contribution < 1.29 is 14.3 Å². The van der Waals surface area contributed by atoms with Crippen LogP contribution >= 0.6 is 0 Å². The summed E-state index contributed by atoms with van der Waals surface area (Å²) in [6.45, 7) is 4.86. The highest BCUT2D eigenvalue weighted by atomic mass is 16.5. The van der Waals surface area contributed by atoms with Crippen molar-refractivity contribution in [2.24, 2.45) is 0 Å². The number of nitrogens with zero attached hydrogens (tertiary/aromatic N) is 1. The van der Waals surface area contributed by atoms with Gasteiger partial charge in [0, 0.05) is 36.8 Å². The number of hydrogen-bond donors (Lipinski definition) is 1. The van der Waals surface area contributed by atoms with Gasteiger partial charge in [-0.3, -0.25) is 9.69 Å². The monoisotopic (exact) mass is 368 g/mol. The molecule has 2 aromatic rings. The molecule has 144 valence electrons. The standard InChI is InChI=1S/C22H28N2O3/c1-16-20(26-2)13-18(14-21(16)27-3)22(25)23-19-9-11-24(12-10-19)15-17-7-5-4-6-8-17/h4-8,13-14,19H,9-12,15H2,1-3H3,(H,23,25). The van der Waals surface area contributed by atoms with Gasteiger partial charge in [-0.05, 0) is 37.5 Å². The summed E-state index contributed by atoms with van der Waals surface area (Å²) in [6, 6.07) is 14.3. The summed E-state index contributed by atoms with van der Waals surface area (Å²) in [5.74, 6) is 1.25. The largest absolute Gasteiger partial charge is 0.496 e. The first-order valence-electron chi connectivity index (χ1n) is 9.40. The lowest BCUT2D eigenvalue weighted by molar-refractivity contribution is 0.0908. The van der Waals surface area contributed by atoms with Crippen LogP contribution in [0.4, 0.5) is 0 Å². The van der Waals surface area contributed by atoms with E-state index in [0.717, 1.165) is 38.0 Å². The zero-order valence-corrected chi connectivity index (χ0v) is 16.3. The van der Waals surface area contributed by atoms with Crippen LogP contribution in [-0.2, 0) is 6.54 Å². The minimum atomic E-state index is -0.0758. The molecule has 0 unspecified atom stereocenters. The summed E-state index contributed by atoms with van der Waals surface area (Å²) in [4.78, 5) is 15.1. The number of likely N-dealkylation sites (tertiary alicyclic amines) is 1. The first-order chi connectivity index (χ1) is 13.1. The van der Waals surface area contributed by atoms with Gasteiger partial charge in [-0.2, -0.15) is 0 Å². The maximum absolute atomic E-state index is 12.7. The molecular formula is C22H28N2O3. The fourth-order valence-corrected chi connectivity index (χ4v) is 3.56. The van der Waals surface area contributed by atoms with Crippen LogP contribution in [0.2, 0.25) is 0 Å². The molecule has 1 saturated heterocycles. The minimum absolute atomic E-state index is 0.0758. The van der Waals surface area contributed by atoms with Crippen LogP contribution in [0.25, 0.3) is 0 Å². The normalized spacial score (nSPS) is 15.4. The van der Waals surface area contributed by atoms with Gasteiger partial charge in [0.15, 0.2) is 0 Å². The van der Waals surface area contributed by atoms with Crippen molar-refractivity contribution in [3.63, 3.8) is 0 Å². The summed E-state index contributed by atoms with van der Waals surface area (Å²) in [7, 11) is 3.21. The number of carbonyl (C=O) groups excluding carboxylic acids is 1. The fraction of sp³-hybridized carbons (Fsp3) is 0.409. The average Bonchev–Trinajstić information content (AvgIpc) is 2.70. The second kappa shape index (κ2) is 8.91. The molecule has 1 amide bonds. The van der Waals surface area contributed by atoms with Gasteiger partial charge in [-0.15, -0.1) is 0 Å². The molecule has 5 heteroatoms. The number of ether oxygens (including phenoxy) is 2. The Bertz CT molecular complexity index is 743. The SMILES string of the molecule is COc1cc(C(=O)NC2CCN(Cc3ccccc3)CC2)cc(OC)c1C. The minimum Gasteiger partial charge on any atom is -0.496 e. The van der Waals surface area contributed by atoms with Crippen molar-refractivity contribution in [2.75, 3.05) is 27.3 Å². The van der Waals surface area contributed by atoms with Crippen molar-refractivity contribution in [3.05, 3.63) is 59.2 Å². The zero-order valence-electron chi connectivity index (χ0n) is 16.3. The van der Waals surface area contributed by atoms with E-state index in [1.165, 1.54) is 5.56 Å². The van der Waals surface area contributed by atoms with Crippen molar-refractivity contribution >= 4 is 5.91 Å². The number of rotatable bonds is 6. The van der Waals surface area contributed by atoms with Crippen LogP contribution in [-0.4, -0.2) is 44.2 Å². The predicted octanol–water partition coefficient (Wildman–Crippen LogP) is 3.41. The molecule has 5 nitrogen and oxygen atoms in total. The van der Waals surface area contributed by atoms with E-state index in [-0.39, 0.29) is 11.9 Å². The van der Waals surface area contributed by atoms with E-state index in [1.807, 2.05) is 13.0 Å². The molecule has 1 heterocycles. The van der Waals surface area contributed by atoms with Gasteiger partial charge in [0.25, 0.3) is 5.91 Å². The van der Waals surface area contributed by atoms with E-state index in [2.05, 4.69) is 34.5 Å². The number of hydrogen-bond acceptors (Lipinski definition) is 4. The van der Waals surface area contributed by atoms with E-state index in [0.29, 0.717) is 17.1 Å². The molecule has 0 saturated carbocycles. The maximum Gasteiger partial charge on any atom is 0.251 e. The molecule has 3 rings (SSSR count). The van der Waals surface area contributed by atoms with Crippen molar-refractivity contribution in [3.8, 4) is 11.5 Å². The Morgan fingerprint density at radius 1 is 1.07 bits per heavy atom. The Kier molecular flexibility index (Phi) is 6.35. The molecular weight excluding hydrogens is 340 g/mol. The van der Waals surface area contributed by atoms with Gasteiger partial charge in [0.2, 0.25) is 0 Å². The number of methoxy groups -OCH3 is 2. The van der Waals surface area contributed by atoms with E-state index in [1.54, 1.807) is 26.4 Å².